The molecule has 0 unspecified atom stereocenters. The molecule has 0 spiro atoms. The van der Waals surface area contributed by atoms with Crippen molar-refractivity contribution in [1.29, 1.82) is 0 Å². The maximum absolute atomic E-state index is 12.3. The highest BCUT2D eigenvalue weighted by atomic mass is 16.4. The second-order valence-electron chi connectivity index (χ2n) is 5.33. The lowest BCUT2D eigenvalue weighted by Gasteiger charge is -1.99. The number of pyridine rings is 1. The van der Waals surface area contributed by atoms with Crippen LogP contribution in [-0.4, -0.2) is 30.9 Å². The Kier molecular flexibility index (Phi) is 3.83. The predicted molar refractivity (Wildman–Crippen MR) is 89.8 cm³/mol. The van der Waals surface area contributed by atoms with E-state index in [0.29, 0.717) is 18.1 Å². The van der Waals surface area contributed by atoms with E-state index in [9.17, 15) is 4.79 Å². The third-order valence-corrected chi connectivity index (χ3v) is 3.57. The first kappa shape index (κ1) is 14.9. The van der Waals surface area contributed by atoms with E-state index in [1.165, 1.54) is 0 Å². The maximum atomic E-state index is 12.3. The summed E-state index contributed by atoms with van der Waals surface area (Å²) < 4.78 is 7.28. The lowest BCUT2D eigenvalue weighted by Crippen LogP contribution is -2.11. The van der Waals surface area contributed by atoms with Crippen molar-refractivity contribution < 1.29 is 9.21 Å². The molecule has 1 amide bonds. The number of nitrogens with zero attached hydrogens (tertiary/aromatic N) is 4. The molecule has 4 rings (SSSR count). The van der Waals surface area contributed by atoms with Crippen molar-refractivity contribution in [3.05, 3.63) is 72.7 Å². The van der Waals surface area contributed by atoms with E-state index in [2.05, 4.69) is 25.6 Å². The van der Waals surface area contributed by atoms with Gasteiger partial charge in [-0.2, -0.15) is 10.2 Å². The zero-order valence-corrected chi connectivity index (χ0v) is 13.1. The highest BCUT2D eigenvalue weighted by Crippen LogP contribution is 2.19. The van der Waals surface area contributed by atoms with Crippen LogP contribution in [-0.2, 0) is 6.54 Å². The molecular formula is C17H14N6O2. The fraction of sp³-hybridized carbons (Fsp3) is 0.0588. The third-order valence-electron chi connectivity index (χ3n) is 3.57. The monoisotopic (exact) mass is 334 g/mol. The highest BCUT2D eigenvalue weighted by molar-refractivity contribution is 6.01. The van der Waals surface area contributed by atoms with E-state index in [4.69, 9.17) is 4.42 Å². The second-order valence-corrected chi connectivity index (χ2v) is 5.33. The molecule has 8 nitrogen and oxygen atoms in total. The number of aromatic amines is 1. The molecule has 4 heterocycles. The van der Waals surface area contributed by atoms with Crippen molar-refractivity contribution in [2.24, 2.45) is 0 Å². The van der Waals surface area contributed by atoms with Crippen LogP contribution in [0.15, 0.2) is 65.6 Å². The number of hydrogen-bond donors (Lipinski definition) is 2. The van der Waals surface area contributed by atoms with Crippen LogP contribution in [0.4, 0.5) is 5.82 Å². The van der Waals surface area contributed by atoms with Gasteiger partial charge in [-0.1, -0.05) is 0 Å². The van der Waals surface area contributed by atoms with Crippen LogP contribution < -0.4 is 5.32 Å². The summed E-state index contributed by atoms with van der Waals surface area (Å²) in [4.78, 5) is 16.3. The van der Waals surface area contributed by atoms with Crippen LogP contribution >= 0.6 is 0 Å². The zero-order valence-electron chi connectivity index (χ0n) is 13.1. The van der Waals surface area contributed by atoms with E-state index in [-0.39, 0.29) is 11.7 Å². The molecule has 0 radical (unpaired) electrons. The van der Waals surface area contributed by atoms with E-state index in [1.807, 2.05) is 24.4 Å². The predicted octanol–water partition coefficient (Wildman–Crippen LogP) is 2.56. The minimum Gasteiger partial charge on any atom is -0.454 e. The van der Waals surface area contributed by atoms with E-state index in [0.717, 1.165) is 11.3 Å². The van der Waals surface area contributed by atoms with Gasteiger partial charge in [-0.25, -0.2) is 0 Å². The lowest BCUT2D eigenvalue weighted by atomic mass is 10.2. The van der Waals surface area contributed by atoms with Gasteiger partial charge >= 0.3 is 0 Å². The Morgan fingerprint density at radius 3 is 2.88 bits per heavy atom. The molecule has 0 saturated carbocycles. The Morgan fingerprint density at radius 1 is 1.20 bits per heavy atom. The second kappa shape index (κ2) is 6.44. The van der Waals surface area contributed by atoms with E-state index < -0.39 is 0 Å². The lowest BCUT2D eigenvalue weighted by molar-refractivity contribution is 0.0994. The number of furan rings is 1. The van der Waals surface area contributed by atoms with Gasteiger partial charge in [0.2, 0.25) is 0 Å². The molecule has 0 saturated heterocycles. The van der Waals surface area contributed by atoms with Crippen molar-refractivity contribution >= 4 is 11.7 Å². The number of anilines is 1. The van der Waals surface area contributed by atoms with E-state index in [1.54, 1.807) is 41.5 Å². The summed E-state index contributed by atoms with van der Waals surface area (Å²) in [5.74, 6) is 0.922. The Morgan fingerprint density at radius 2 is 2.08 bits per heavy atom. The maximum Gasteiger partial charge on any atom is 0.292 e. The fourth-order valence-corrected chi connectivity index (χ4v) is 2.38. The van der Waals surface area contributed by atoms with Crippen molar-refractivity contribution in [2.45, 2.75) is 6.54 Å². The molecule has 0 aliphatic heterocycles. The average molecular weight is 334 g/mol. The largest absolute Gasteiger partial charge is 0.454 e. The van der Waals surface area contributed by atoms with Crippen LogP contribution in [0.25, 0.3) is 11.3 Å². The molecule has 0 aromatic carbocycles. The summed E-state index contributed by atoms with van der Waals surface area (Å²) in [5.41, 5.74) is 1.72. The first-order valence-electron chi connectivity index (χ1n) is 7.61. The smallest absolute Gasteiger partial charge is 0.292 e. The molecule has 124 valence electrons. The summed E-state index contributed by atoms with van der Waals surface area (Å²) in [5, 5.41) is 13.8. The standard InChI is InChI=1S/C17H14N6O2/c24-17(15-3-2-13(25-15)11-23-9-1-6-19-23)20-16-10-14(21-22-16)12-4-7-18-8-5-12/h1-10H,11H2,(H2,20,21,22,24). The molecule has 0 aliphatic carbocycles. The van der Waals surface area contributed by atoms with Crippen molar-refractivity contribution in [2.75, 3.05) is 5.32 Å². The Labute approximate surface area is 142 Å². The number of rotatable bonds is 5. The number of nitrogens with one attached hydrogen (secondary N) is 2. The molecule has 8 heteroatoms. The van der Waals surface area contributed by atoms with Crippen molar-refractivity contribution in [3.8, 4) is 11.3 Å². The number of carbonyl (C=O) groups excluding carboxylic acids is 1. The van der Waals surface area contributed by atoms with Gasteiger partial charge in [0.15, 0.2) is 11.6 Å². The number of hydrogen-bond acceptors (Lipinski definition) is 5. The normalized spacial score (nSPS) is 10.7. The molecule has 25 heavy (non-hydrogen) atoms. The molecule has 4 aromatic heterocycles. The topological polar surface area (TPSA) is 102 Å². The fourth-order valence-electron chi connectivity index (χ4n) is 2.38. The Bertz CT molecular complexity index is 972. The SMILES string of the molecule is O=C(Nc1cc(-c2ccncc2)[nH]n1)c1ccc(Cn2cccn2)o1. The first-order valence-corrected chi connectivity index (χ1v) is 7.61. The van der Waals surface area contributed by atoms with Gasteiger partial charge in [0.25, 0.3) is 5.91 Å². The van der Waals surface area contributed by atoms with Gasteiger partial charge in [0.05, 0.1) is 12.2 Å². The van der Waals surface area contributed by atoms with Crippen LogP contribution in [0.2, 0.25) is 0 Å². The third kappa shape index (κ3) is 3.32. The molecule has 0 bridgehead atoms. The van der Waals surface area contributed by atoms with Crippen LogP contribution in [0.3, 0.4) is 0 Å². The summed E-state index contributed by atoms with van der Waals surface area (Å²) >= 11 is 0. The molecule has 4 aromatic rings. The van der Waals surface area contributed by atoms with Gasteiger partial charge in [-0.15, -0.1) is 0 Å². The number of carbonyl (C=O) groups is 1. The minimum atomic E-state index is -0.362. The summed E-state index contributed by atoms with van der Waals surface area (Å²) in [6.45, 7) is 0.467. The molecule has 0 fully saturated rings. The van der Waals surface area contributed by atoms with Gasteiger partial charge in [0, 0.05) is 36.4 Å². The first-order chi connectivity index (χ1) is 12.3. The molecule has 0 aliphatic rings. The van der Waals surface area contributed by atoms with Gasteiger partial charge < -0.3 is 9.73 Å². The minimum absolute atomic E-state index is 0.218. The number of aromatic nitrogens is 5. The van der Waals surface area contributed by atoms with Crippen molar-refractivity contribution in [3.63, 3.8) is 0 Å². The quantitative estimate of drug-likeness (QED) is 0.584. The highest BCUT2D eigenvalue weighted by Gasteiger charge is 2.14. The Balaban J connectivity index is 1.44. The van der Waals surface area contributed by atoms with Gasteiger partial charge in [-0.3, -0.25) is 19.6 Å². The Hall–Kier alpha value is -3.68. The summed E-state index contributed by atoms with van der Waals surface area (Å²) in [6.07, 6.45) is 6.90. The molecule has 0 atom stereocenters. The van der Waals surface area contributed by atoms with Gasteiger partial charge in [0.1, 0.15) is 5.76 Å². The van der Waals surface area contributed by atoms with Gasteiger partial charge in [-0.05, 0) is 30.3 Å². The average Bonchev–Trinajstić information content (AvgIpc) is 3.38. The zero-order chi connectivity index (χ0) is 17.1. The number of amides is 1. The molecule has 2 N–H and O–H groups in total. The molecular weight excluding hydrogens is 320 g/mol. The van der Waals surface area contributed by atoms with Crippen molar-refractivity contribution in [1.82, 2.24) is 25.0 Å². The van der Waals surface area contributed by atoms with Crippen LogP contribution in [0, 0.1) is 0 Å². The summed E-state index contributed by atoms with van der Waals surface area (Å²) in [6, 6.07) is 10.7. The van der Waals surface area contributed by atoms with Crippen LogP contribution in [0.5, 0.6) is 0 Å². The summed E-state index contributed by atoms with van der Waals surface area (Å²) in [7, 11) is 0. The van der Waals surface area contributed by atoms with E-state index >= 15 is 0 Å². The number of H-pyrrole nitrogens is 1. The van der Waals surface area contributed by atoms with Crippen LogP contribution in [0.1, 0.15) is 16.3 Å².